The smallest absolute Gasteiger partial charge is 0.320 e. The number of hydrogen-bond acceptors (Lipinski definition) is 2. The molecule has 0 aliphatic carbocycles. The first kappa shape index (κ1) is 14.6. The van der Waals surface area contributed by atoms with E-state index in [0.717, 1.165) is 16.8 Å². The molecule has 0 bridgehead atoms. The van der Waals surface area contributed by atoms with E-state index in [1.54, 1.807) is 6.07 Å². The molecule has 0 spiro atoms. The van der Waals surface area contributed by atoms with Gasteiger partial charge in [-0.2, -0.15) is 0 Å². The summed E-state index contributed by atoms with van der Waals surface area (Å²) in [5.41, 5.74) is 8.60. The number of urea groups is 1. The number of benzene rings is 2. The van der Waals surface area contributed by atoms with Crippen LogP contribution < -0.4 is 16.4 Å². The monoisotopic (exact) mass is 279 g/mol. The average molecular weight is 279 g/mol. The Bertz CT molecular complexity index is 698. The van der Waals surface area contributed by atoms with Gasteiger partial charge in [-0.25, -0.2) is 4.79 Å². The van der Waals surface area contributed by atoms with Crippen molar-refractivity contribution in [1.29, 1.82) is 0 Å². The average Bonchev–Trinajstić information content (AvgIpc) is 2.46. The largest absolute Gasteiger partial charge is 0.323 e. The van der Waals surface area contributed by atoms with Gasteiger partial charge in [0, 0.05) is 11.3 Å². The summed E-state index contributed by atoms with van der Waals surface area (Å²) in [5.74, 6) is 5.72. The minimum atomic E-state index is -0.303. The molecule has 0 aromatic heterocycles. The van der Waals surface area contributed by atoms with Crippen LogP contribution in [0.25, 0.3) is 0 Å². The maximum atomic E-state index is 12.0. The Morgan fingerprint density at radius 1 is 1.14 bits per heavy atom. The highest BCUT2D eigenvalue weighted by molar-refractivity contribution is 6.00. The summed E-state index contributed by atoms with van der Waals surface area (Å²) in [7, 11) is 0. The van der Waals surface area contributed by atoms with Crippen molar-refractivity contribution in [1.82, 2.24) is 0 Å². The van der Waals surface area contributed by atoms with Gasteiger partial charge in [-0.1, -0.05) is 36.1 Å². The molecule has 0 aliphatic rings. The molecule has 2 amide bonds. The normalized spacial score (nSPS) is 9.43. The van der Waals surface area contributed by atoms with Gasteiger partial charge in [0.15, 0.2) is 0 Å². The number of amides is 2. The third kappa shape index (κ3) is 4.37. The van der Waals surface area contributed by atoms with Gasteiger partial charge in [0.05, 0.1) is 12.2 Å². The maximum Gasteiger partial charge on any atom is 0.323 e. The van der Waals surface area contributed by atoms with Crippen LogP contribution in [0.4, 0.5) is 16.2 Å². The Hall–Kier alpha value is -2.77. The van der Waals surface area contributed by atoms with Gasteiger partial charge in [0.1, 0.15) is 0 Å². The molecule has 0 fully saturated rings. The lowest BCUT2D eigenvalue weighted by Crippen LogP contribution is -2.20. The van der Waals surface area contributed by atoms with Gasteiger partial charge in [0.2, 0.25) is 0 Å². The third-order valence-electron chi connectivity index (χ3n) is 2.78. The number of aryl methyl sites for hydroxylation is 1. The summed E-state index contributed by atoms with van der Waals surface area (Å²) >= 11 is 0. The van der Waals surface area contributed by atoms with Crippen molar-refractivity contribution < 1.29 is 4.79 Å². The van der Waals surface area contributed by atoms with E-state index < -0.39 is 0 Å². The molecule has 4 nitrogen and oxygen atoms in total. The predicted octanol–water partition coefficient (Wildman–Crippen LogP) is 2.95. The number of carbonyl (C=O) groups is 1. The van der Waals surface area contributed by atoms with E-state index in [-0.39, 0.29) is 12.6 Å². The molecule has 21 heavy (non-hydrogen) atoms. The molecule has 2 aromatic rings. The van der Waals surface area contributed by atoms with Crippen molar-refractivity contribution in [3.05, 3.63) is 59.7 Å². The Morgan fingerprint density at radius 3 is 2.71 bits per heavy atom. The number of nitrogens with two attached hydrogens (primary N) is 1. The maximum absolute atomic E-state index is 12.0. The second-order valence-electron chi connectivity index (χ2n) is 4.50. The fourth-order valence-corrected chi connectivity index (χ4v) is 1.85. The first-order valence-corrected chi connectivity index (χ1v) is 6.61. The lowest BCUT2D eigenvalue weighted by atomic mass is 10.2. The van der Waals surface area contributed by atoms with E-state index in [2.05, 4.69) is 22.5 Å². The fraction of sp³-hybridized carbons (Fsp3) is 0.118. The van der Waals surface area contributed by atoms with Crippen molar-refractivity contribution in [3.8, 4) is 11.8 Å². The Labute approximate surface area is 124 Å². The molecule has 0 atom stereocenters. The van der Waals surface area contributed by atoms with Gasteiger partial charge >= 0.3 is 6.03 Å². The first-order chi connectivity index (χ1) is 10.2. The van der Waals surface area contributed by atoms with Crippen molar-refractivity contribution >= 4 is 17.4 Å². The van der Waals surface area contributed by atoms with Crippen LogP contribution in [0.15, 0.2) is 48.5 Å². The molecule has 2 aromatic carbocycles. The van der Waals surface area contributed by atoms with Gasteiger partial charge in [-0.15, -0.1) is 0 Å². The van der Waals surface area contributed by atoms with E-state index >= 15 is 0 Å². The predicted molar refractivity (Wildman–Crippen MR) is 86.2 cm³/mol. The minimum absolute atomic E-state index is 0.282. The first-order valence-electron chi connectivity index (χ1n) is 6.61. The van der Waals surface area contributed by atoms with E-state index in [1.165, 1.54) is 0 Å². The molecular weight excluding hydrogens is 262 g/mol. The number of rotatable bonds is 2. The van der Waals surface area contributed by atoms with Gasteiger partial charge < -0.3 is 16.4 Å². The molecule has 2 rings (SSSR count). The molecule has 0 unspecified atom stereocenters. The summed E-state index contributed by atoms with van der Waals surface area (Å²) in [4.78, 5) is 12.0. The van der Waals surface area contributed by atoms with Crippen LogP contribution in [0.2, 0.25) is 0 Å². The molecule has 106 valence electrons. The Kier molecular flexibility index (Phi) is 4.97. The topological polar surface area (TPSA) is 67.2 Å². The quantitative estimate of drug-likeness (QED) is 0.740. The zero-order chi connectivity index (χ0) is 15.1. The summed E-state index contributed by atoms with van der Waals surface area (Å²) in [6.45, 7) is 2.25. The molecule has 0 heterocycles. The van der Waals surface area contributed by atoms with Crippen LogP contribution in [0, 0.1) is 18.8 Å². The zero-order valence-electron chi connectivity index (χ0n) is 11.8. The van der Waals surface area contributed by atoms with E-state index in [1.807, 2.05) is 49.4 Å². The number of carbonyl (C=O) groups excluding carboxylic acids is 1. The third-order valence-corrected chi connectivity index (χ3v) is 2.78. The van der Waals surface area contributed by atoms with Crippen molar-refractivity contribution in [2.45, 2.75) is 6.92 Å². The highest BCUT2D eigenvalue weighted by atomic mass is 16.2. The lowest BCUT2D eigenvalue weighted by Gasteiger charge is -2.09. The van der Waals surface area contributed by atoms with E-state index in [0.29, 0.717) is 5.69 Å². The minimum Gasteiger partial charge on any atom is -0.320 e. The SMILES string of the molecule is Cc1cccc(NC(=O)Nc2ccccc2C#CCN)c1. The van der Waals surface area contributed by atoms with Crippen LogP contribution in [-0.4, -0.2) is 12.6 Å². The van der Waals surface area contributed by atoms with E-state index in [9.17, 15) is 4.79 Å². The van der Waals surface area contributed by atoms with Crippen LogP contribution >= 0.6 is 0 Å². The van der Waals surface area contributed by atoms with Gasteiger partial charge in [-0.05, 0) is 36.8 Å². The second kappa shape index (κ2) is 7.13. The number of nitrogens with one attached hydrogen (secondary N) is 2. The van der Waals surface area contributed by atoms with Crippen molar-refractivity contribution in [2.75, 3.05) is 17.2 Å². The summed E-state index contributed by atoms with van der Waals surface area (Å²) in [6.07, 6.45) is 0. The van der Waals surface area contributed by atoms with Crippen LogP contribution in [-0.2, 0) is 0 Å². The zero-order valence-corrected chi connectivity index (χ0v) is 11.8. The fourth-order valence-electron chi connectivity index (χ4n) is 1.85. The molecular formula is C17H17N3O. The molecule has 0 saturated carbocycles. The second-order valence-corrected chi connectivity index (χ2v) is 4.50. The Morgan fingerprint density at radius 2 is 1.95 bits per heavy atom. The summed E-state index contributed by atoms with van der Waals surface area (Å²) < 4.78 is 0. The summed E-state index contributed by atoms with van der Waals surface area (Å²) in [6, 6.07) is 14.7. The van der Waals surface area contributed by atoms with Crippen molar-refractivity contribution in [2.24, 2.45) is 5.73 Å². The van der Waals surface area contributed by atoms with Crippen LogP contribution in [0.1, 0.15) is 11.1 Å². The van der Waals surface area contributed by atoms with Gasteiger partial charge in [-0.3, -0.25) is 0 Å². The van der Waals surface area contributed by atoms with Crippen LogP contribution in [0.3, 0.4) is 0 Å². The number of para-hydroxylation sites is 1. The standard InChI is InChI=1S/C17H17N3O/c1-13-6-4-9-15(12-13)19-17(21)20-16-10-3-2-7-14(16)8-5-11-18/h2-4,6-7,9-10,12H,11,18H2,1H3,(H2,19,20,21). The molecule has 0 radical (unpaired) electrons. The highest BCUT2D eigenvalue weighted by Gasteiger charge is 2.05. The van der Waals surface area contributed by atoms with Gasteiger partial charge in [0.25, 0.3) is 0 Å². The Balaban J connectivity index is 2.09. The number of hydrogen-bond donors (Lipinski definition) is 3. The highest BCUT2D eigenvalue weighted by Crippen LogP contribution is 2.15. The summed E-state index contributed by atoms with van der Waals surface area (Å²) in [5, 5.41) is 5.59. The van der Waals surface area contributed by atoms with Crippen molar-refractivity contribution in [3.63, 3.8) is 0 Å². The van der Waals surface area contributed by atoms with E-state index in [4.69, 9.17) is 5.73 Å². The lowest BCUT2D eigenvalue weighted by molar-refractivity contribution is 0.262. The molecule has 4 heteroatoms. The number of anilines is 2. The molecule has 0 aliphatic heterocycles. The molecule has 4 N–H and O–H groups in total. The van der Waals surface area contributed by atoms with Crippen LogP contribution in [0.5, 0.6) is 0 Å². The molecule has 0 saturated heterocycles.